The average Bonchev–Trinajstić information content (AvgIpc) is 3.24. The summed E-state index contributed by atoms with van der Waals surface area (Å²) in [6, 6.07) is 9.03. The van der Waals surface area contributed by atoms with E-state index in [4.69, 9.17) is 11.2 Å². The third-order valence-corrected chi connectivity index (χ3v) is 5.61. The Balaban J connectivity index is 1.48. The van der Waals surface area contributed by atoms with E-state index in [0.717, 1.165) is 35.2 Å². The molecule has 0 bridgehead atoms. The number of amides is 1. The van der Waals surface area contributed by atoms with Gasteiger partial charge in [-0.15, -0.1) is 6.42 Å². The second kappa shape index (κ2) is 7.47. The summed E-state index contributed by atoms with van der Waals surface area (Å²) < 4.78 is 5.83. The molecule has 1 saturated carbocycles. The number of carbonyl (C=O) groups is 1. The summed E-state index contributed by atoms with van der Waals surface area (Å²) in [6.45, 7) is 2.29. The molecule has 0 radical (unpaired) electrons. The molecule has 144 valence electrons. The van der Waals surface area contributed by atoms with Crippen molar-refractivity contribution < 1.29 is 14.6 Å². The lowest BCUT2D eigenvalue weighted by atomic mass is 9.94. The van der Waals surface area contributed by atoms with E-state index in [1.165, 1.54) is 12.8 Å². The number of ether oxygens (including phenoxy) is 1. The van der Waals surface area contributed by atoms with E-state index in [-0.39, 0.29) is 11.7 Å². The predicted molar refractivity (Wildman–Crippen MR) is 110 cm³/mol. The molecule has 5 nitrogen and oxygen atoms in total. The first-order valence-corrected chi connectivity index (χ1v) is 9.70. The Morgan fingerprint density at radius 1 is 1.29 bits per heavy atom. The second-order valence-electron chi connectivity index (χ2n) is 7.54. The number of carbonyl (C=O) groups excluding carboxylic acids is 1. The van der Waals surface area contributed by atoms with Crippen molar-refractivity contribution in [3.63, 3.8) is 0 Å². The standard InChI is InChI=1S/C23H24N2O3/c1-3-15-8-9-21-19(11-15)24-13-22(28-21)23(27)25-18-12-20(26)17(10-14(18)2)16-6-4-5-7-16/h1,8-12,16,22,24,26H,4-7,13H2,2H3,(H,25,27). The van der Waals surface area contributed by atoms with E-state index >= 15 is 0 Å². The van der Waals surface area contributed by atoms with Crippen molar-refractivity contribution in [2.45, 2.75) is 44.6 Å². The molecule has 0 spiro atoms. The molecule has 3 N–H and O–H groups in total. The number of phenolic OH excluding ortho intramolecular Hbond substituents is 1. The van der Waals surface area contributed by atoms with E-state index in [9.17, 15) is 9.90 Å². The molecule has 1 atom stereocenters. The summed E-state index contributed by atoms with van der Waals surface area (Å²) in [4.78, 5) is 12.7. The molecule has 4 rings (SSSR count). The zero-order valence-corrected chi connectivity index (χ0v) is 15.9. The lowest BCUT2D eigenvalue weighted by molar-refractivity contribution is -0.122. The molecule has 1 unspecified atom stereocenters. The van der Waals surface area contributed by atoms with Crippen molar-refractivity contribution in [3.05, 3.63) is 47.0 Å². The molecule has 1 aliphatic heterocycles. The van der Waals surface area contributed by atoms with Gasteiger partial charge in [0, 0.05) is 17.3 Å². The molecule has 1 fully saturated rings. The maximum atomic E-state index is 12.7. The third kappa shape index (κ3) is 3.50. The van der Waals surface area contributed by atoms with Crippen LogP contribution in [0.3, 0.4) is 0 Å². The Bertz CT molecular complexity index is 955. The van der Waals surface area contributed by atoms with Gasteiger partial charge in [0.05, 0.1) is 12.2 Å². The Morgan fingerprint density at radius 2 is 2.07 bits per heavy atom. The highest BCUT2D eigenvalue weighted by Crippen LogP contribution is 2.40. The Labute approximate surface area is 165 Å². The number of fused-ring (bicyclic) bond motifs is 1. The van der Waals surface area contributed by atoms with E-state index in [2.05, 4.69) is 16.6 Å². The first kappa shape index (κ1) is 18.2. The number of hydrogen-bond acceptors (Lipinski definition) is 4. The maximum Gasteiger partial charge on any atom is 0.267 e. The highest BCUT2D eigenvalue weighted by atomic mass is 16.5. The zero-order chi connectivity index (χ0) is 19.7. The molecular formula is C23H24N2O3. The van der Waals surface area contributed by atoms with Gasteiger partial charge in [-0.05, 0) is 55.0 Å². The van der Waals surface area contributed by atoms with Gasteiger partial charge in [-0.3, -0.25) is 4.79 Å². The topological polar surface area (TPSA) is 70.6 Å². The van der Waals surface area contributed by atoms with Gasteiger partial charge >= 0.3 is 0 Å². The molecular weight excluding hydrogens is 352 g/mol. The minimum atomic E-state index is -0.666. The van der Waals surface area contributed by atoms with Gasteiger partial charge in [0.1, 0.15) is 11.5 Å². The number of aromatic hydroxyl groups is 1. The molecule has 0 aromatic heterocycles. The van der Waals surface area contributed by atoms with Crippen LogP contribution in [0, 0.1) is 19.3 Å². The summed E-state index contributed by atoms with van der Waals surface area (Å²) in [6.07, 6.45) is 9.39. The van der Waals surface area contributed by atoms with Crippen LogP contribution in [0.4, 0.5) is 11.4 Å². The summed E-state index contributed by atoms with van der Waals surface area (Å²) in [5.41, 5.74) is 4.08. The lowest BCUT2D eigenvalue weighted by Crippen LogP contribution is -2.41. The number of terminal acetylenes is 1. The van der Waals surface area contributed by atoms with Crippen molar-refractivity contribution in [2.24, 2.45) is 0 Å². The number of rotatable bonds is 3. The smallest absolute Gasteiger partial charge is 0.267 e. The average molecular weight is 376 g/mol. The van der Waals surface area contributed by atoms with Crippen LogP contribution in [0.25, 0.3) is 0 Å². The summed E-state index contributed by atoms with van der Waals surface area (Å²) in [7, 11) is 0. The Kier molecular flexibility index (Phi) is 4.87. The first-order valence-electron chi connectivity index (χ1n) is 9.70. The van der Waals surface area contributed by atoms with E-state index in [1.54, 1.807) is 18.2 Å². The fraction of sp³-hybridized carbons (Fsp3) is 0.348. The molecule has 0 saturated heterocycles. The van der Waals surface area contributed by atoms with E-state index in [1.807, 2.05) is 19.1 Å². The fourth-order valence-corrected chi connectivity index (χ4v) is 4.04. The second-order valence-corrected chi connectivity index (χ2v) is 7.54. The van der Waals surface area contributed by atoms with Crippen molar-refractivity contribution in [2.75, 3.05) is 17.2 Å². The van der Waals surface area contributed by atoms with Crippen LogP contribution in [-0.4, -0.2) is 23.7 Å². The molecule has 5 heteroatoms. The largest absolute Gasteiger partial charge is 0.508 e. The molecule has 1 heterocycles. The van der Waals surface area contributed by atoms with Gasteiger partial charge in [0.25, 0.3) is 5.91 Å². The van der Waals surface area contributed by atoms with Gasteiger partial charge in [-0.25, -0.2) is 0 Å². The van der Waals surface area contributed by atoms with Crippen molar-refractivity contribution in [3.8, 4) is 23.8 Å². The van der Waals surface area contributed by atoms with Crippen LogP contribution in [0.5, 0.6) is 11.5 Å². The van der Waals surface area contributed by atoms with Gasteiger partial charge in [0.15, 0.2) is 6.10 Å². The summed E-state index contributed by atoms with van der Waals surface area (Å²) >= 11 is 0. The number of hydrogen-bond donors (Lipinski definition) is 3. The minimum absolute atomic E-state index is 0.252. The quantitative estimate of drug-likeness (QED) is 0.704. The number of anilines is 2. The summed E-state index contributed by atoms with van der Waals surface area (Å²) in [5, 5.41) is 16.6. The number of benzene rings is 2. The van der Waals surface area contributed by atoms with Crippen LogP contribution in [0.2, 0.25) is 0 Å². The molecule has 1 aliphatic carbocycles. The zero-order valence-electron chi connectivity index (χ0n) is 15.9. The minimum Gasteiger partial charge on any atom is -0.508 e. The SMILES string of the molecule is C#Cc1ccc2c(c1)NCC(C(=O)Nc1cc(O)c(C3CCCC3)cc1C)O2. The van der Waals surface area contributed by atoms with Gasteiger partial charge in [-0.2, -0.15) is 0 Å². The van der Waals surface area contributed by atoms with Crippen molar-refractivity contribution in [1.29, 1.82) is 0 Å². The van der Waals surface area contributed by atoms with Crippen LogP contribution >= 0.6 is 0 Å². The van der Waals surface area contributed by atoms with Crippen molar-refractivity contribution >= 4 is 17.3 Å². The molecule has 2 aliphatic rings. The van der Waals surface area contributed by atoms with Gasteiger partial charge in [-0.1, -0.05) is 24.8 Å². The molecule has 28 heavy (non-hydrogen) atoms. The van der Waals surface area contributed by atoms with E-state index in [0.29, 0.717) is 23.9 Å². The van der Waals surface area contributed by atoms with Crippen LogP contribution < -0.4 is 15.4 Å². The normalized spacial score (nSPS) is 18.5. The number of phenols is 1. The fourth-order valence-electron chi connectivity index (χ4n) is 4.04. The highest BCUT2D eigenvalue weighted by molar-refractivity contribution is 5.96. The first-order chi connectivity index (χ1) is 13.5. The monoisotopic (exact) mass is 376 g/mol. The van der Waals surface area contributed by atoms with Crippen LogP contribution in [0.1, 0.15) is 48.3 Å². The lowest BCUT2D eigenvalue weighted by Gasteiger charge is -2.27. The maximum absolute atomic E-state index is 12.7. The Hall–Kier alpha value is -3.13. The van der Waals surface area contributed by atoms with E-state index < -0.39 is 6.10 Å². The van der Waals surface area contributed by atoms with Gasteiger partial charge in [0.2, 0.25) is 0 Å². The molecule has 2 aromatic carbocycles. The Morgan fingerprint density at radius 3 is 2.82 bits per heavy atom. The van der Waals surface area contributed by atoms with Gasteiger partial charge < -0.3 is 20.5 Å². The van der Waals surface area contributed by atoms with Crippen LogP contribution in [0.15, 0.2) is 30.3 Å². The number of nitrogens with one attached hydrogen (secondary N) is 2. The summed E-state index contributed by atoms with van der Waals surface area (Å²) in [5.74, 6) is 3.59. The third-order valence-electron chi connectivity index (χ3n) is 5.61. The van der Waals surface area contributed by atoms with Crippen molar-refractivity contribution in [1.82, 2.24) is 0 Å². The van der Waals surface area contributed by atoms with Crippen LogP contribution in [-0.2, 0) is 4.79 Å². The number of aryl methyl sites for hydroxylation is 1. The highest BCUT2D eigenvalue weighted by Gasteiger charge is 2.27. The predicted octanol–water partition coefficient (Wildman–Crippen LogP) is 4.15. The molecule has 1 amide bonds. The molecule has 2 aromatic rings.